The first-order valence-electron chi connectivity index (χ1n) is 14.8. The number of Topliss-reactive ketones (excluding diaryl/α,β-unsaturated/α-hetero) is 1. The van der Waals surface area contributed by atoms with Crippen molar-refractivity contribution in [2.75, 3.05) is 18.1 Å². The number of hydrogen-bond donors (Lipinski definition) is 0. The first kappa shape index (κ1) is 30.2. The van der Waals surface area contributed by atoms with E-state index in [-0.39, 0.29) is 50.7 Å². The molecule has 4 aliphatic rings. The summed E-state index contributed by atoms with van der Waals surface area (Å²) in [6.07, 6.45) is 9.65. The molecule has 0 aromatic heterocycles. The van der Waals surface area contributed by atoms with Gasteiger partial charge in [0, 0.05) is 5.92 Å². The van der Waals surface area contributed by atoms with Crippen molar-refractivity contribution in [3.05, 3.63) is 23.8 Å². The van der Waals surface area contributed by atoms with Crippen LogP contribution in [0.15, 0.2) is 23.8 Å². The smallest absolute Gasteiger partial charge is 0.316 e. The van der Waals surface area contributed by atoms with E-state index in [9.17, 15) is 9.59 Å². The van der Waals surface area contributed by atoms with Gasteiger partial charge in [0.2, 0.25) is 0 Å². The number of ketones is 1. The van der Waals surface area contributed by atoms with Gasteiger partial charge in [0.05, 0.1) is 22.9 Å². The van der Waals surface area contributed by atoms with Crippen LogP contribution in [0, 0.1) is 34.5 Å². The quantitative estimate of drug-likeness (QED) is 0.170. The normalized spacial score (nSPS) is 37.9. The Labute approximate surface area is 239 Å². The van der Waals surface area contributed by atoms with Crippen molar-refractivity contribution in [2.24, 2.45) is 34.5 Å². The Hall–Kier alpha value is -0.720. The standard InChI is InChI=1S/C32H50O4S2/c1-9-35-29(34)24(28(33)22(5)32(8)37-15-10-16-38-32)18-25-21(4)11-12-26-30(25,6)14-13-27-31(26,7)19-23(36-27)17-20(2)3/h17,22-27H,4,9-16,18-19H2,1-3,5-8H3/t22?,23-,24?,25-,26-,27+,30-,31+/m1/s1. The molecule has 0 radical (unpaired) electrons. The van der Waals surface area contributed by atoms with Gasteiger partial charge >= 0.3 is 5.97 Å². The molecule has 214 valence electrons. The Balaban J connectivity index is 1.62. The highest BCUT2D eigenvalue weighted by Crippen LogP contribution is 2.66. The lowest BCUT2D eigenvalue weighted by Crippen LogP contribution is -2.55. The minimum absolute atomic E-state index is 0.00366. The second kappa shape index (κ2) is 11.6. The molecule has 4 fully saturated rings. The number of thioether (sulfide) groups is 2. The van der Waals surface area contributed by atoms with Gasteiger partial charge in [-0.3, -0.25) is 9.59 Å². The van der Waals surface area contributed by atoms with E-state index in [1.165, 1.54) is 17.6 Å². The van der Waals surface area contributed by atoms with E-state index in [0.29, 0.717) is 18.9 Å². The monoisotopic (exact) mass is 562 g/mol. The lowest BCUT2D eigenvalue weighted by molar-refractivity contribution is -0.155. The maximum atomic E-state index is 14.1. The lowest BCUT2D eigenvalue weighted by Gasteiger charge is -2.59. The average molecular weight is 563 g/mol. The van der Waals surface area contributed by atoms with Gasteiger partial charge in [-0.2, -0.15) is 0 Å². The molecule has 8 atom stereocenters. The summed E-state index contributed by atoms with van der Waals surface area (Å²) < 4.78 is 12.0. The zero-order chi connectivity index (χ0) is 27.9. The van der Waals surface area contributed by atoms with Crippen molar-refractivity contribution in [1.82, 2.24) is 0 Å². The number of allylic oxidation sites excluding steroid dienone is 2. The summed E-state index contributed by atoms with van der Waals surface area (Å²) in [5.41, 5.74) is 2.62. The lowest BCUT2D eigenvalue weighted by atomic mass is 9.45. The van der Waals surface area contributed by atoms with Crippen molar-refractivity contribution in [3.8, 4) is 0 Å². The van der Waals surface area contributed by atoms with Crippen molar-refractivity contribution in [2.45, 2.75) is 110 Å². The fourth-order valence-electron chi connectivity index (χ4n) is 8.33. The number of esters is 1. The van der Waals surface area contributed by atoms with Crippen LogP contribution in [0.2, 0.25) is 0 Å². The predicted molar refractivity (Wildman–Crippen MR) is 160 cm³/mol. The molecular formula is C32H50O4S2. The van der Waals surface area contributed by atoms with Crippen LogP contribution in [0.1, 0.15) is 93.4 Å². The highest BCUT2D eigenvalue weighted by Gasteiger charge is 2.61. The van der Waals surface area contributed by atoms with Gasteiger partial charge in [0.15, 0.2) is 5.78 Å². The molecule has 4 rings (SSSR count). The van der Waals surface area contributed by atoms with Crippen LogP contribution in [0.5, 0.6) is 0 Å². The van der Waals surface area contributed by atoms with Crippen LogP contribution in [0.4, 0.5) is 0 Å². The minimum atomic E-state index is -0.731. The van der Waals surface area contributed by atoms with E-state index in [1.54, 1.807) is 0 Å². The number of carbonyl (C=O) groups is 2. The number of fused-ring (bicyclic) bond motifs is 3. The van der Waals surface area contributed by atoms with Crippen LogP contribution in [0.25, 0.3) is 0 Å². The van der Waals surface area contributed by atoms with Crippen molar-refractivity contribution < 1.29 is 19.1 Å². The third-order valence-electron chi connectivity index (χ3n) is 10.5. The van der Waals surface area contributed by atoms with Gasteiger partial charge in [-0.05, 0) is 107 Å². The Morgan fingerprint density at radius 1 is 1.16 bits per heavy atom. The maximum absolute atomic E-state index is 14.1. The van der Waals surface area contributed by atoms with E-state index >= 15 is 0 Å². The van der Waals surface area contributed by atoms with Gasteiger partial charge in [-0.25, -0.2) is 0 Å². The Morgan fingerprint density at radius 3 is 2.47 bits per heavy atom. The second-order valence-corrected chi connectivity index (χ2v) is 16.5. The third-order valence-corrected chi connectivity index (χ3v) is 14.0. The molecule has 0 aromatic rings. The molecule has 2 saturated carbocycles. The van der Waals surface area contributed by atoms with Crippen molar-refractivity contribution in [3.63, 3.8) is 0 Å². The van der Waals surface area contributed by atoms with Gasteiger partial charge in [-0.15, -0.1) is 23.5 Å². The van der Waals surface area contributed by atoms with Crippen LogP contribution in [-0.2, 0) is 19.1 Å². The molecule has 2 aliphatic carbocycles. The molecule has 2 saturated heterocycles. The van der Waals surface area contributed by atoms with E-state index < -0.39 is 5.92 Å². The molecule has 2 aliphatic heterocycles. The first-order chi connectivity index (χ1) is 17.9. The zero-order valence-electron chi connectivity index (χ0n) is 24.8. The van der Waals surface area contributed by atoms with Gasteiger partial charge in [0.1, 0.15) is 5.92 Å². The summed E-state index contributed by atoms with van der Waals surface area (Å²) in [5.74, 6) is 1.52. The average Bonchev–Trinajstić information content (AvgIpc) is 3.18. The largest absolute Gasteiger partial charge is 0.465 e. The molecule has 0 N–H and O–H groups in total. The predicted octanol–water partition coefficient (Wildman–Crippen LogP) is 7.86. The minimum Gasteiger partial charge on any atom is -0.465 e. The SMILES string of the molecule is C=C1CC[C@H]2[C@]3(C)C[C@@H](C=C(C)C)O[C@H]3CC[C@]2(C)[C@@H]1CC(C(=O)OCC)C(=O)C(C)C1(C)SCCCS1. The highest BCUT2D eigenvalue weighted by molar-refractivity contribution is 8.18. The number of rotatable bonds is 8. The molecule has 38 heavy (non-hydrogen) atoms. The molecular weight excluding hydrogens is 512 g/mol. The van der Waals surface area contributed by atoms with Gasteiger partial charge in [-0.1, -0.05) is 44.6 Å². The van der Waals surface area contributed by atoms with E-state index in [4.69, 9.17) is 9.47 Å². The summed E-state index contributed by atoms with van der Waals surface area (Å²) >= 11 is 3.75. The van der Waals surface area contributed by atoms with E-state index in [1.807, 2.05) is 37.4 Å². The number of carbonyl (C=O) groups excluding carboxylic acids is 2. The summed E-state index contributed by atoms with van der Waals surface area (Å²) in [7, 11) is 0. The van der Waals surface area contributed by atoms with Crippen LogP contribution in [0.3, 0.4) is 0 Å². The number of ether oxygens (including phenoxy) is 2. The summed E-state index contributed by atoms with van der Waals surface area (Å²) in [6, 6.07) is 0. The second-order valence-electron chi connectivity index (χ2n) is 13.2. The Morgan fingerprint density at radius 2 is 1.84 bits per heavy atom. The Bertz CT molecular complexity index is 949. The summed E-state index contributed by atoms with van der Waals surface area (Å²) in [5, 5.41) is 0. The molecule has 0 aromatic carbocycles. The molecule has 2 heterocycles. The molecule has 2 unspecified atom stereocenters. The topological polar surface area (TPSA) is 52.6 Å². The summed E-state index contributed by atoms with van der Waals surface area (Å²) in [6.45, 7) is 20.1. The molecule has 6 heteroatoms. The molecule has 0 bridgehead atoms. The molecule has 4 nitrogen and oxygen atoms in total. The van der Waals surface area contributed by atoms with Crippen LogP contribution >= 0.6 is 23.5 Å². The third kappa shape index (κ3) is 5.57. The molecule has 0 amide bonds. The van der Waals surface area contributed by atoms with Gasteiger partial charge in [0.25, 0.3) is 0 Å². The fourth-order valence-corrected chi connectivity index (χ4v) is 11.5. The molecule has 0 spiro atoms. The summed E-state index contributed by atoms with van der Waals surface area (Å²) in [4.78, 5) is 27.5. The zero-order valence-corrected chi connectivity index (χ0v) is 26.4. The van der Waals surface area contributed by atoms with Crippen molar-refractivity contribution >= 4 is 35.3 Å². The number of hydrogen-bond acceptors (Lipinski definition) is 6. The fraction of sp³-hybridized carbons (Fsp3) is 0.812. The first-order valence-corrected chi connectivity index (χ1v) is 16.8. The van der Waals surface area contributed by atoms with Crippen LogP contribution < -0.4 is 0 Å². The van der Waals surface area contributed by atoms with Crippen molar-refractivity contribution in [1.29, 1.82) is 0 Å². The van der Waals surface area contributed by atoms with Crippen LogP contribution in [-0.4, -0.2) is 46.2 Å². The van der Waals surface area contributed by atoms with Gasteiger partial charge < -0.3 is 9.47 Å². The van der Waals surface area contributed by atoms with E-state index in [2.05, 4.69) is 47.3 Å². The highest BCUT2D eigenvalue weighted by atomic mass is 32.2. The maximum Gasteiger partial charge on any atom is 0.316 e. The Kier molecular flexibility index (Phi) is 9.27. The van der Waals surface area contributed by atoms with E-state index in [0.717, 1.165) is 43.6 Å².